The Hall–Kier alpha value is -3.51. The second-order valence-corrected chi connectivity index (χ2v) is 9.40. The highest BCUT2D eigenvalue weighted by Gasteiger charge is 2.15. The lowest BCUT2D eigenvalue weighted by Gasteiger charge is -2.05. The maximum Gasteiger partial charge on any atom is 0.345 e. The molecule has 34 heavy (non-hydrogen) atoms. The Kier molecular flexibility index (Phi) is 5.92. The lowest BCUT2D eigenvalue weighted by atomic mass is 10.1. The quantitative estimate of drug-likeness (QED) is 0.137. The molecule has 0 aliphatic carbocycles. The first-order valence-electron chi connectivity index (χ1n) is 9.91. The van der Waals surface area contributed by atoms with E-state index in [2.05, 4.69) is 32.0 Å². The average molecular weight is 551 g/mol. The summed E-state index contributed by atoms with van der Waals surface area (Å²) in [6.45, 7) is 0. The molecule has 0 spiro atoms. The maximum absolute atomic E-state index is 12.6. The third-order valence-electron chi connectivity index (χ3n) is 5.13. The van der Waals surface area contributed by atoms with Crippen molar-refractivity contribution in [3.8, 4) is 23.1 Å². The van der Waals surface area contributed by atoms with Crippen molar-refractivity contribution < 1.29 is 9.15 Å². The molecule has 0 radical (unpaired) electrons. The van der Waals surface area contributed by atoms with Gasteiger partial charge in [-0.1, -0.05) is 27.5 Å². The molecule has 2 aromatic carbocycles. The van der Waals surface area contributed by atoms with E-state index in [-0.39, 0.29) is 5.15 Å². The summed E-state index contributed by atoms with van der Waals surface area (Å²) in [6, 6.07) is 16.6. The fourth-order valence-corrected chi connectivity index (χ4v) is 4.83. The number of hydrogen-bond donors (Lipinski definition) is 0. The van der Waals surface area contributed by atoms with Gasteiger partial charge in [0.15, 0.2) is 0 Å². The molecule has 0 saturated carbocycles. The lowest BCUT2D eigenvalue weighted by molar-refractivity contribution is 0.415. The number of benzene rings is 2. The predicted octanol–water partition coefficient (Wildman–Crippen LogP) is 6.95. The molecule has 0 unspecified atom stereocenters. The Morgan fingerprint density at radius 3 is 2.82 bits per heavy atom. The van der Waals surface area contributed by atoms with Crippen molar-refractivity contribution >= 4 is 72.4 Å². The Morgan fingerprint density at radius 1 is 1.18 bits per heavy atom. The number of nitrogens with zero attached hydrogens (tertiary/aromatic N) is 3. The van der Waals surface area contributed by atoms with Crippen molar-refractivity contribution in [1.29, 1.82) is 5.26 Å². The molecule has 0 atom stereocenters. The van der Waals surface area contributed by atoms with Gasteiger partial charge < -0.3 is 9.15 Å². The first-order chi connectivity index (χ1) is 16.4. The number of ether oxygens (including phenoxy) is 1. The normalized spacial score (nSPS) is 11.6. The third-order valence-corrected chi connectivity index (χ3v) is 6.80. The highest BCUT2D eigenvalue weighted by molar-refractivity contribution is 9.10. The minimum absolute atomic E-state index is 0.267. The number of pyridine rings is 1. The summed E-state index contributed by atoms with van der Waals surface area (Å²) in [6.07, 6.45) is 1.64. The number of halogens is 2. The van der Waals surface area contributed by atoms with Gasteiger partial charge >= 0.3 is 5.63 Å². The minimum atomic E-state index is -0.495. The monoisotopic (exact) mass is 549 g/mol. The largest absolute Gasteiger partial charge is 0.497 e. The molecule has 5 rings (SSSR count). The standard InChI is InChI=1S/C25H13BrClN3O3S/c1-32-18-3-4-20-13(9-18)6-15(23(27)29-20)7-16(11-28)24-30-21(12-34-24)19-10-14-8-17(26)2-5-22(14)33-25(19)31/h2-10,12H,1H3/b16-7+. The van der Waals surface area contributed by atoms with Crippen LogP contribution in [0.25, 0.3) is 44.8 Å². The van der Waals surface area contributed by atoms with E-state index >= 15 is 0 Å². The summed E-state index contributed by atoms with van der Waals surface area (Å²) in [4.78, 5) is 21.5. The molecule has 0 N–H and O–H groups in total. The van der Waals surface area contributed by atoms with Crippen LogP contribution in [-0.2, 0) is 0 Å². The van der Waals surface area contributed by atoms with Crippen LogP contribution < -0.4 is 10.4 Å². The smallest absolute Gasteiger partial charge is 0.345 e. The summed E-state index contributed by atoms with van der Waals surface area (Å²) in [5, 5.41) is 13.8. The van der Waals surface area contributed by atoms with Crippen LogP contribution in [0.1, 0.15) is 10.6 Å². The molecule has 3 aromatic heterocycles. The van der Waals surface area contributed by atoms with Gasteiger partial charge in [0.25, 0.3) is 0 Å². The average Bonchev–Trinajstić information content (AvgIpc) is 3.32. The van der Waals surface area contributed by atoms with E-state index in [1.165, 1.54) is 11.3 Å². The summed E-state index contributed by atoms with van der Waals surface area (Å²) in [5.41, 5.74) is 2.34. The molecule has 0 aliphatic rings. The van der Waals surface area contributed by atoms with Crippen LogP contribution in [0.15, 0.2) is 67.6 Å². The zero-order valence-corrected chi connectivity index (χ0v) is 20.7. The van der Waals surface area contributed by atoms with Crippen molar-refractivity contribution in [2.75, 3.05) is 7.11 Å². The molecule has 0 saturated heterocycles. The van der Waals surface area contributed by atoms with E-state index in [9.17, 15) is 10.1 Å². The molecule has 0 bridgehead atoms. The van der Waals surface area contributed by atoms with Gasteiger partial charge in [-0.05, 0) is 54.6 Å². The van der Waals surface area contributed by atoms with Gasteiger partial charge in [0.2, 0.25) is 0 Å². The topological polar surface area (TPSA) is 89.0 Å². The van der Waals surface area contributed by atoms with E-state index in [4.69, 9.17) is 20.8 Å². The molecule has 9 heteroatoms. The van der Waals surface area contributed by atoms with Crippen LogP contribution in [0.2, 0.25) is 5.15 Å². The minimum Gasteiger partial charge on any atom is -0.497 e. The zero-order valence-electron chi connectivity index (χ0n) is 17.5. The van der Waals surface area contributed by atoms with E-state index < -0.39 is 5.63 Å². The number of hydrogen-bond acceptors (Lipinski definition) is 7. The molecule has 0 fully saturated rings. The van der Waals surface area contributed by atoms with Crippen molar-refractivity contribution in [1.82, 2.24) is 9.97 Å². The number of methoxy groups -OCH3 is 1. The van der Waals surface area contributed by atoms with Crippen LogP contribution in [0.3, 0.4) is 0 Å². The summed E-state index contributed by atoms with van der Waals surface area (Å²) in [5.74, 6) is 0.692. The fourth-order valence-electron chi connectivity index (χ4n) is 3.47. The highest BCUT2D eigenvalue weighted by Crippen LogP contribution is 2.31. The van der Waals surface area contributed by atoms with E-state index in [1.54, 1.807) is 42.8 Å². The Labute approximate surface area is 210 Å². The van der Waals surface area contributed by atoms with Gasteiger partial charge in [-0.3, -0.25) is 0 Å². The number of nitriles is 1. The molecule has 6 nitrogen and oxygen atoms in total. The zero-order chi connectivity index (χ0) is 23.8. The van der Waals surface area contributed by atoms with E-state index in [0.717, 1.165) is 15.2 Å². The SMILES string of the molecule is COc1ccc2nc(Cl)c(/C=C(\C#N)c3nc(-c4cc5cc(Br)ccc5oc4=O)cs3)cc2c1. The molecule has 3 heterocycles. The number of aromatic nitrogens is 2. The fraction of sp³-hybridized carbons (Fsp3) is 0.0400. The van der Waals surface area contributed by atoms with Crippen LogP contribution in [-0.4, -0.2) is 17.1 Å². The Balaban J connectivity index is 1.56. The number of thiazole rings is 1. The molecule has 0 amide bonds. The second kappa shape index (κ2) is 9.03. The van der Waals surface area contributed by atoms with Crippen LogP contribution in [0.4, 0.5) is 0 Å². The molecular weight excluding hydrogens is 538 g/mol. The predicted molar refractivity (Wildman–Crippen MR) is 138 cm³/mol. The van der Waals surface area contributed by atoms with Gasteiger partial charge in [-0.25, -0.2) is 14.8 Å². The number of allylic oxidation sites excluding steroid dienone is 1. The van der Waals surface area contributed by atoms with Gasteiger partial charge in [0, 0.05) is 26.2 Å². The van der Waals surface area contributed by atoms with Gasteiger partial charge in [-0.15, -0.1) is 11.3 Å². The summed E-state index contributed by atoms with van der Waals surface area (Å²) < 4.78 is 11.6. The lowest BCUT2D eigenvalue weighted by Crippen LogP contribution is -2.03. The van der Waals surface area contributed by atoms with Crippen LogP contribution >= 0.6 is 38.9 Å². The van der Waals surface area contributed by atoms with E-state index in [0.29, 0.717) is 44.3 Å². The molecule has 0 aliphatic heterocycles. The first-order valence-corrected chi connectivity index (χ1v) is 12.0. The summed E-state index contributed by atoms with van der Waals surface area (Å²) in [7, 11) is 1.59. The molecular formula is C25H13BrClN3O3S. The van der Waals surface area contributed by atoms with Crippen molar-refractivity contribution in [2.24, 2.45) is 0 Å². The van der Waals surface area contributed by atoms with Gasteiger partial charge in [-0.2, -0.15) is 5.26 Å². The van der Waals surface area contributed by atoms with Crippen molar-refractivity contribution in [3.05, 3.63) is 84.5 Å². The summed E-state index contributed by atoms with van der Waals surface area (Å²) >= 11 is 11.1. The Morgan fingerprint density at radius 2 is 2.03 bits per heavy atom. The molecule has 5 aromatic rings. The van der Waals surface area contributed by atoms with Crippen molar-refractivity contribution in [2.45, 2.75) is 0 Å². The first kappa shape index (κ1) is 22.3. The van der Waals surface area contributed by atoms with E-state index in [1.807, 2.05) is 24.3 Å². The van der Waals surface area contributed by atoms with Crippen LogP contribution in [0, 0.1) is 11.3 Å². The van der Waals surface area contributed by atoms with Crippen LogP contribution in [0.5, 0.6) is 5.75 Å². The maximum atomic E-state index is 12.6. The highest BCUT2D eigenvalue weighted by atomic mass is 79.9. The Bertz CT molecular complexity index is 1720. The molecule has 166 valence electrons. The third kappa shape index (κ3) is 4.21. The van der Waals surface area contributed by atoms with Crippen molar-refractivity contribution in [3.63, 3.8) is 0 Å². The number of rotatable bonds is 4. The number of fused-ring (bicyclic) bond motifs is 2. The van der Waals surface area contributed by atoms with Gasteiger partial charge in [0.05, 0.1) is 29.5 Å². The van der Waals surface area contributed by atoms with Gasteiger partial charge in [0.1, 0.15) is 27.6 Å². The second-order valence-electron chi connectivity index (χ2n) is 7.26.